The van der Waals surface area contributed by atoms with Crippen LogP contribution in [0.25, 0.3) is 10.9 Å². The molecule has 4 unspecified atom stereocenters. The minimum atomic E-state index is -1.68. The smallest absolute Gasteiger partial charge is 0.326 e. The number of benzene rings is 1. The Bertz CT molecular complexity index is 1360. The monoisotopic (exact) mass is 604 g/mol. The summed E-state index contributed by atoms with van der Waals surface area (Å²) in [6.45, 7) is 0.0629. The van der Waals surface area contributed by atoms with Crippen molar-refractivity contribution in [2.24, 2.45) is 22.2 Å². The van der Waals surface area contributed by atoms with Gasteiger partial charge in [0.1, 0.15) is 18.1 Å². The van der Waals surface area contributed by atoms with Crippen LogP contribution in [0.2, 0.25) is 0 Å². The van der Waals surface area contributed by atoms with Crippen LogP contribution in [0.3, 0.4) is 0 Å². The van der Waals surface area contributed by atoms with E-state index >= 15 is 0 Å². The molecule has 1 heterocycles. The second-order valence-corrected chi connectivity index (χ2v) is 9.67. The van der Waals surface area contributed by atoms with Crippen LogP contribution in [0.1, 0.15) is 37.7 Å². The second kappa shape index (κ2) is 16.3. The predicted molar refractivity (Wildman–Crippen MR) is 152 cm³/mol. The molecular weight excluding hydrogens is 568 g/mol. The Hall–Kier alpha value is -5.19. The van der Waals surface area contributed by atoms with Gasteiger partial charge in [-0.05, 0) is 30.9 Å². The number of carbonyl (C=O) groups is 6. The summed E-state index contributed by atoms with van der Waals surface area (Å²) in [6.07, 6.45) is 0.0143. The summed E-state index contributed by atoms with van der Waals surface area (Å²) in [5.41, 5.74) is 17.7. The Morgan fingerprint density at radius 3 is 2.09 bits per heavy atom. The van der Waals surface area contributed by atoms with Crippen LogP contribution in [-0.2, 0) is 35.2 Å². The van der Waals surface area contributed by atoms with E-state index in [0.717, 1.165) is 10.9 Å². The molecule has 0 bridgehead atoms. The second-order valence-electron chi connectivity index (χ2n) is 9.67. The van der Waals surface area contributed by atoms with Crippen LogP contribution < -0.4 is 33.2 Å². The van der Waals surface area contributed by atoms with Gasteiger partial charge in [0, 0.05) is 36.5 Å². The maximum atomic E-state index is 13.3. The van der Waals surface area contributed by atoms with Gasteiger partial charge in [-0.1, -0.05) is 18.2 Å². The molecule has 13 N–H and O–H groups in total. The van der Waals surface area contributed by atoms with E-state index in [2.05, 4.69) is 25.9 Å². The molecule has 2 rings (SSSR count). The number of hydrogen-bond acceptors (Lipinski definition) is 8. The van der Waals surface area contributed by atoms with Gasteiger partial charge in [-0.2, -0.15) is 0 Å². The fourth-order valence-corrected chi connectivity index (χ4v) is 4.11. The molecule has 0 saturated heterocycles. The summed E-state index contributed by atoms with van der Waals surface area (Å²) in [4.78, 5) is 79.9. The zero-order chi connectivity index (χ0) is 32.1. The number of hydrogen-bond donors (Lipinski definition) is 10. The van der Waals surface area contributed by atoms with Crippen molar-refractivity contribution in [3.8, 4) is 0 Å². The quantitative estimate of drug-likeness (QED) is 0.0500. The Morgan fingerprint density at radius 1 is 0.837 bits per heavy atom. The average Bonchev–Trinajstić information content (AvgIpc) is 3.34. The molecule has 0 spiro atoms. The lowest BCUT2D eigenvalue weighted by Crippen LogP contribution is -2.57. The molecule has 0 saturated carbocycles. The molecule has 0 aliphatic carbocycles. The number of rotatable bonds is 18. The van der Waals surface area contributed by atoms with Crippen molar-refractivity contribution in [1.29, 1.82) is 0 Å². The average molecular weight is 605 g/mol. The first-order valence-corrected chi connectivity index (χ1v) is 13.2. The van der Waals surface area contributed by atoms with Crippen molar-refractivity contribution >= 4 is 52.5 Å². The summed E-state index contributed by atoms with van der Waals surface area (Å²) < 4.78 is 0. The summed E-state index contributed by atoms with van der Waals surface area (Å²) in [5, 5.41) is 35.6. The van der Waals surface area contributed by atoms with Gasteiger partial charge in [0.15, 0.2) is 5.96 Å². The van der Waals surface area contributed by atoms with E-state index in [1.54, 1.807) is 30.5 Å². The molecule has 0 radical (unpaired) electrons. The summed E-state index contributed by atoms with van der Waals surface area (Å²) in [5.74, 6) is -7.13. The molecule has 1 aromatic heterocycles. The van der Waals surface area contributed by atoms with E-state index in [-0.39, 0.29) is 38.2 Å². The highest BCUT2D eigenvalue weighted by Crippen LogP contribution is 2.19. The van der Waals surface area contributed by atoms with Crippen molar-refractivity contribution in [1.82, 2.24) is 20.9 Å². The molecule has 4 atom stereocenters. The largest absolute Gasteiger partial charge is 0.481 e. The first-order chi connectivity index (χ1) is 20.3. The lowest BCUT2D eigenvalue weighted by molar-refractivity contribution is -0.143. The number of carboxylic acids is 3. The minimum absolute atomic E-state index is 0.0629. The molecule has 0 aliphatic rings. The van der Waals surface area contributed by atoms with Gasteiger partial charge in [-0.3, -0.25) is 29.0 Å². The summed E-state index contributed by atoms with van der Waals surface area (Å²) >= 11 is 0. The third kappa shape index (κ3) is 11.3. The van der Waals surface area contributed by atoms with E-state index in [1.807, 2.05) is 0 Å². The lowest BCUT2D eigenvalue weighted by Gasteiger charge is -2.24. The molecule has 43 heavy (non-hydrogen) atoms. The topological polar surface area (TPSA) is 305 Å². The molecule has 0 fully saturated rings. The zero-order valence-corrected chi connectivity index (χ0v) is 23.1. The van der Waals surface area contributed by atoms with Gasteiger partial charge in [0.2, 0.25) is 17.7 Å². The number of nitrogens with zero attached hydrogens (tertiary/aromatic N) is 1. The number of nitrogens with two attached hydrogens (primary N) is 3. The van der Waals surface area contributed by atoms with Crippen LogP contribution >= 0.6 is 0 Å². The minimum Gasteiger partial charge on any atom is -0.481 e. The van der Waals surface area contributed by atoms with Crippen LogP contribution in [-0.4, -0.2) is 92.6 Å². The number of para-hydroxylation sites is 1. The van der Waals surface area contributed by atoms with Crippen LogP contribution in [0, 0.1) is 0 Å². The lowest BCUT2D eigenvalue weighted by atomic mass is 10.0. The van der Waals surface area contributed by atoms with Crippen molar-refractivity contribution in [3.05, 3.63) is 36.0 Å². The Balaban J connectivity index is 2.22. The van der Waals surface area contributed by atoms with Crippen molar-refractivity contribution < 1.29 is 44.1 Å². The normalized spacial score (nSPS) is 13.6. The highest BCUT2D eigenvalue weighted by Gasteiger charge is 2.31. The van der Waals surface area contributed by atoms with E-state index in [9.17, 15) is 39.0 Å². The number of amides is 3. The molecule has 17 heteroatoms. The van der Waals surface area contributed by atoms with Crippen LogP contribution in [0.4, 0.5) is 0 Å². The number of guanidine groups is 1. The molecule has 0 aliphatic heterocycles. The number of aromatic amines is 1. The Morgan fingerprint density at radius 2 is 1.47 bits per heavy atom. The standard InChI is InChI=1S/C26H36N8O9/c27-15(7-8-20(35)36)22(39)33-18(11-21(37)38)24(41)32-17(6-3-9-30-26(28)29)23(40)34-19(25(42)43)10-13-12-31-16-5-2-1-4-14(13)16/h1-2,4-5,12,15,17-19,31H,3,6-11,27H2,(H,32,41)(H,33,39)(H,34,40)(H,35,36)(H,37,38)(H,42,43)(H4,28,29,30). The third-order valence-electron chi connectivity index (χ3n) is 6.31. The first kappa shape index (κ1) is 34.0. The van der Waals surface area contributed by atoms with Gasteiger partial charge in [-0.15, -0.1) is 0 Å². The molecular formula is C26H36N8O9. The number of aromatic nitrogens is 1. The van der Waals surface area contributed by atoms with E-state index in [1.165, 1.54) is 0 Å². The Kier molecular flexibility index (Phi) is 12.9. The fraction of sp³-hybridized carbons (Fsp3) is 0.423. The van der Waals surface area contributed by atoms with E-state index in [0.29, 0.717) is 5.56 Å². The van der Waals surface area contributed by atoms with E-state index < -0.39 is 72.6 Å². The van der Waals surface area contributed by atoms with Crippen molar-refractivity contribution in [2.45, 2.75) is 62.7 Å². The van der Waals surface area contributed by atoms with Gasteiger partial charge in [-0.25, -0.2) is 4.79 Å². The maximum Gasteiger partial charge on any atom is 0.326 e. The van der Waals surface area contributed by atoms with Gasteiger partial charge in [0.05, 0.1) is 12.5 Å². The van der Waals surface area contributed by atoms with Crippen LogP contribution in [0.15, 0.2) is 35.5 Å². The fourth-order valence-electron chi connectivity index (χ4n) is 4.11. The molecule has 17 nitrogen and oxygen atoms in total. The number of fused-ring (bicyclic) bond motifs is 1. The molecule has 2 aromatic rings. The number of aliphatic carboxylic acids is 3. The van der Waals surface area contributed by atoms with Crippen molar-refractivity contribution in [3.63, 3.8) is 0 Å². The SMILES string of the molecule is NC(N)=NCCCC(NC(=O)C(CC(=O)O)NC(=O)C(N)CCC(=O)O)C(=O)NC(Cc1c[nH]c2ccccc12)C(=O)O. The number of aliphatic imine (C=N–C) groups is 1. The van der Waals surface area contributed by atoms with Crippen LogP contribution in [0.5, 0.6) is 0 Å². The highest BCUT2D eigenvalue weighted by atomic mass is 16.4. The molecule has 1 aromatic carbocycles. The molecule has 3 amide bonds. The maximum absolute atomic E-state index is 13.3. The number of nitrogens with one attached hydrogen (secondary N) is 4. The predicted octanol–water partition coefficient (Wildman–Crippen LogP) is -2.03. The van der Waals surface area contributed by atoms with Gasteiger partial charge < -0.3 is 53.5 Å². The number of H-pyrrole nitrogens is 1. The Labute approximate surface area is 245 Å². The first-order valence-electron chi connectivity index (χ1n) is 13.2. The van der Waals surface area contributed by atoms with E-state index in [4.69, 9.17) is 22.3 Å². The van der Waals surface area contributed by atoms with Crippen molar-refractivity contribution in [2.75, 3.05) is 6.54 Å². The molecule has 234 valence electrons. The third-order valence-corrected chi connectivity index (χ3v) is 6.31. The number of carboxylic acid groups (broad SMARTS) is 3. The number of carbonyl (C=O) groups excluding carboxylic acids is 3. The zero-order valence-electron chi connectivity index (χ0n) is 23.1. The van der Waals surface area contributed by atoms with Gasteiger partial charge >= 0.3 is 17.9 Å². The van der Waals surface area contributed by atoms with Gasteiger partial charge in [0.25, 0.3) is 0 Å². The summed E-state index contributed by atoms with van der Waals surface area (Å²) in [6, 6.07) is 1.38. The highest BCUT2D eigenvalue weighted by molar-refractivity contribution is 5.96. The summed E-state index contributed by atoms with van der Waals surface area (Å²) in [7, 11) is 0.